The first-order valence-electron chi connectivity index (χ1n) is 8.07. The Labute approximate surface area is 145 Å². The lowest BCUT2D eigenvalue weighted by Crippen LogP contribution is -2.04. The fourth-order valence-corrected chi connectivity index (χ4v) is 3.62. The summed E-state index contributed by atoms with van der Waals surface area (Å²) in [7, 11) is 0. The predicted molar refractivity (Wildman–Crippen MR) is 97.4 cm³/mol. The van der Waals surface area contributed by atoms with Gasteiger partial charge in [-0.15, -0.1) is 0 Å². The molecule has 0 atom stereocenters. The Balaban J connectivity index is 1.89. The number of benzene rings is 2. The maximum atomic E-state index is 11.9. The Morgan fingerprint density at radius 2 is 1.96 bits per heavy atom. The SMILES string of the molecule is CCOC(=O)c1ccc2c(c1)nc(SCc1ccccc1)n2CC. The van der Waals surface area contributed by atoms with Gasteiger partial charge in [0, 0.05) is 12.3 Å². The van der Waals surface area contributed by atoms with Crippen LogP contribution in [-0.2, 0) is 17.0 Å². The van der Waals surface area contributed by atoms with Crippen LogP contribution in [0.3, 0.4) is 0 Å². The number of carbonyl (C=O) groups excluding carboxylic acids is 1. The summed E-state index contributed by atoms with van der Waals surface area (Å²) in [5.74, 6) is 0.568. The molecule has 3 aromatic rings. The molecule has 0 aliphatic carbocycles. The van der Waals surface area contributed by atoms with Gasteiger partial charge in [-0.1, -0.05) is 42.1 Å². The first kappa shape index (κ1) is 16.6. The van der Waals surface area contributed by atoms with E-state index in [0.717, 1.165) is 28.5 Å². The molecular weight excluding hydrogens is 320 g/mol. The highest BCUT2D eigenvalue weighted by Crippen LogP contribution is 2.27. The molecule has 3 rings (SSSR count). The van der Waals surface area contributed by atoms with Crippen LogP contribution < -0.4 is 0 Å². The highest BCUT2D eigenvalue weighted by molar-refractivity contribution is 7.98. The van der Waals surface area contributed by atoms with Crippen LogP contribution in [-0.4, -0.2) is 22.1 Å². The minimum absolute atomic E-state index is 0.302. The first-order valence-corrected chi connectivity index (χ1v) is 9.05. The summed E-state index contributed by atoms with van der Waals surface area (Å²) >= 11 is 1.71. The lowest BCUT2D eigenvalue weighted by atomic mass is 10.2. The van der Waals surface area contributed by atoms with E-state index in [4.69, 9.17) is 9.72 Å². The molecule has 0 unspecified atom stereocenters. The molecule has 0 bridgehead atoms. The highest BCUT2D eigenvalue weighted by Gasteiger charge is 2.13. The van der Waals surface area contributed by atoms with Crippen molar-refractivity contribution in [1.82, 2.24) is 9.55 Å². The zero-order valence-corrected chi connectivity index (χ0v) is 14.7. The number of hydrogen-bond acceptors (Lipinski definition) is 4. The van der Waals surface area contributed by atoms with Gasteiger partial charge in [0.2, 0.25) is 0 Å². The monoisotopic (exact) mass is 340 g/mol. The van der Waals surface area contributed by atoms with Crippen LogP contribution in [0, 0.1) is 0 Å². The molecule has 0 saturated carbocycles. The van der Waals surface area contributed by atoms with Crippen molar-refractivity contribution >= 4 is 28.8 Å². The van der Waals surface area contributed by atoms with Gasteiger partial charge in [0.05, 0.1) is 23.2 Å². The molecular formula is C19H20N2O2S. The van der Waals surface area contributed by atoms with Gasteiger partial charge in [0.15, 0.2) is 5.16 Å². The Hall–Kier alpha value is -2.27. The van der Waals surface area contributed by atoms with Crippen LogP contribution in [0.25, 0.3) is 11.0 Å². The maximum Gasteiger partial charge on any atom is 0.338 e. The van der Waals surface area contributed by atoms with Crippen molar-refractivity contribution in [2.45, 2.75) is 31.3 Å². The minimum Gasteiger partial charge on any atom is -0.462 e. The largest absolute Gasteiger partial charge is 0.462 e. The number of rotatable bonds is 6. The van der Waals surface area contributed by atoms with E-state index in [1.54, 1.807) is 24.8 Å². The molecule has 5 heteroatoms. The molecule has 1 heterocycles. The fourth-order valence-electron chi connectivity index (χ4n) is 2.59. The molecule has 4 nitrogen and oxygen atoms in total. The van der Waals surface area contributed by atoms with Crippen molar-refractivity contribution < 1.29 is 9.53 Å². The van der Waals surface area contributed by atoms with E-state index in [1.807, 2.05) is 30.3 Å². The van der Waals surface area contributed by atoms with Crippen LogP contribution in [0.2, 0.25) is 0 Å². The number of ether oxygens (including phenoxy) is 1. The molecule has 124 valence electrons. The zero-order chi connectivity index (χ0) is 16.9. The number of nitrogens with zero attached hydrogens (tertiary/aromatic N) is 2. The number of imidazole rings is 1. The average molecular weight is 340 g/mol. The van der Waals surface area contributed by atoms with Crippen molar-refractivity contribution in [2.24, 2.45) is 0 Å². The molecule has 2 aromatic carbocycles. The smallest absolute Gasteiger partial charge is 0.338 e. The zero-order valence-electron chi connectivity index (χ0n) is 13.9. The van der Waals surface area contributed by atoms with Crippen LogP contribution in [0.1, 0.15) is 29.8 Å². The Morgan fingerprint density at radius 3 is 2.67 bits per heavy atom. The second kappa shape index (κ2) is 7.53. The van der Waals surface area contributed by atoms with Crippen molar-refractivity contribution in [3.63, 3.8) is 0 Å². The summed E-state index contributed by atoms with van der Waals surface area (Å²) in [4.78, 5) is 16.6. The van der Waals surface area contributed by atoms with Gasteiger partial charge >= 0.3 is 5.97 Å². The summed E-state index contributed by atoms with van der Waals surface area (Å²) in [6, 6.07) is 15.9. The molecule has 0 saturated heterocycles. The Kier molecular flexibility index (Phi) is 5.20. The second-order valence-electron chi connectivity index (χ2n) is 5.34. The normalized spacial score (nSPS) is 10.9. The molecule has 0 aliphatic heterocycles. The fraction of sp³-hybridized carbons (Fsp3) is 0.263. The van der Waals surface area contributed by atoms with E-state index in [9.17, 15) is 4.79 Å². The van der Waals surface area contributed by atoms with E-state index in [2.05, 4.69) is 23.6 Å². The Bertz CT molecular complexity index is 843. The lowest BCUT2D eigenvalue weighted by molar-refractivity contribution is 0.0526. The van der Waals surface area contributed by atoms with Gasteiger partial charge in [0.25, 0.3) is 0 Å². The molecule has 24 heavy (non-hydrogen) atoms. The number of carbonyl (C=O) groups is 1. The van der Waals surface area contributed by atoms with Crippen molar-refractivity contribution in [3.05, 3.63) is 59.7 Å². The van der Waals surface area contributed by atoms with Gasteiger partial charge in [-0.25, -0.2) is 9.78 Å². The number of aryl methyl sites for hydroxylation is 1. The molecule has 0 fully saturated rings. The Morgan fingerprint density at radius 1 is 1.17 bits per heavy atom. The number of esters is 1. The van der Waals surface area contributed by atoms with Gasteiger partial charge in [-0.2, -0.15) is 0 Å². The highest BCUT2D eigenvalue weighted by atomic mass is 32.2. The molecule has 1 aromatic heterocycles. The summed E-state index contributed by atoms with van der Waals surface area (Å²) in [6.07, 6.45) is 0. The van der Waals surface area contributed by atoms with Crippen molar-refractivity contribution in [3.8, 4) is 0 Å². The average Bonchev–Trinajstić information content (AvgIpc) is 2.97. The van der Waals surface area contributed by atoms with Crippen LogP contribution in [0.15, 0.2) is 53.7 Å². The number of fused-ring (bicyclic) bond motifs is 1. The summed E-state index contributed by atoms with van der Waals surface area (Å²) in [5, 5.41) is 0.970. The minimum atomic E-state index is -0.302. The molecule has 0 spiro atoms. The van der Waals surface area contributed by atoms with E-state index in [0.29, 0.717) is 12.2 Å². The molecule has 0 N–H and O–H groups in total. The summed E-state index contributed by atoms with van der Waals surface area (Å²) in [6.45, 7) is 5.12. The third kappa shape index (κ3) is 3.46. The van der Waals surface area contributed by atoms with Crippen LogP contribution in [0.4, 0.5) is 0 Å². The molecule has 0 amide bonds. The lowest BCUT2D eigenvalue weighted by Gasteiger charge is -2.06. The summed E-state index contributed by atoms with van der Waals surface area (Å²) < 4.78 is 7.25. The molecule has 0 radical (unpaired) electrons. The molecule has 0 aliphatic rings. The van der Waals surface area contributed by atoms with E-state index >= 15 is 0 Å². The van der Waals surface area contributed by atoms with E-state index in [1.165, 1.54) is 5.56 Å². The van der Waals surface area contributed by atoms with Gasteiger partial charge in [0.1, 0.15) is 0 Å². The summed E-state index contributed by atoms with van der Waals surface area (Å²) in [5.41, 5.74) is 3.69. The van der Waals surface area contributed by atoms with E-state index in [-0.39, 0.29) is 5.97 Å². The van der Waals surface area contributed by atoms with Crippen molar-refractivity contribution in [2.75, 3.05) is 6.61 Å². The quantitative estimate of drug-likeness (QED) is 0.489. The van der Waals surface area contributed by atoms with Crippen molar-refractivity contribution in [1.29, 1.82) is 0 Å². The maximum absolute atomic E-state index is 11.9. The first-order chi connectivity index (χ1) is 11.7. The number of aromatic nitrogens is 2. The number of thioether (sulfide) groups is 1. The standard InChI is InChI=1S/C19H20N2O2S/c1-3-21-17-11-10-15(18(22)23-4-2)12-16(17)20-19(21)24-13-14-8-6-5-7-9-14/h5-12H,3-4,13H2,1-2H3. The predicted octanol–water partition coefficient (Wildman–Crippen LogP) is 4.53. The third-order valence-corrected chi connectivity index (χ3v) is 4.80. The van der Waals surface area contributed by atoms with Gasteiger partial charge in [-0.05, 0) is 37.6 Å². The number of hydrogen-bond donors (Lipinski definition) is 0. The van der Waals surface area contributed by atoms with Crippen LogP contribution in [0.5, 0.6) is 0 Å². The third-order valence-electron chi connectivity index (χ3n) is 3.75. The van der Waals surface area contributed by atoms with Gasteiger partial charge in [-0.3, -0.25) is 0 Å². The van der Waals surface area contributed by atoms with Crippen LogP contribution >= 0.6 is 11.8 Å². The van der Waals surface area contributed by atoms with E-state index < -0.39 is 0 Å². The van der Waals surface area contributed by atoms with Gasteiger partial charge < -0.3 is 9.30 Å². The topological polar surface area (TPSA) is 44.1 Å². The second-order valence-corrected chi connectivity index (χ2v) is 6.28.